The van der Waals surface area contributed by atoms with E-state index in [1.54, 1.807) is 30.3 Å². The minimum absolute atomic E-state index is 0.212. The van der Waals surface area contributed by atoms with Crippen molar-refractivity contribution in [2.75, 3.05) is 19.4 Å². The molecule has 0 fully saturated rings. The van der Waals surface area contributed by atoms with Crippen LogP contribution in [0.15, 0.2) is 65.7 Å². The molecule has 0 spiro atoms. The number of aromatic nitrogens is 2. The van der Waals surface area contributed by atoms with Crippen molar-refractivity contribution in [3.05, 3.63) is 72.2 Å². The monoisotopic (exact) mass is 402 g/mol. The first-order chi connectivity index (χ1) is 13.4. The van der Waals surface area contributed by atoms with Crippen LogP contribution >= 0.6 is 0 Å². The van der Waals surface area contributed by atoms with Crippen LogP contribution in [0.1, 0.15) is 5.56 Å². The molecule has 0 aliphatic heterocycles. The molecular weight excluding hydrogens is 383 g/mol. The van der Waals surface area contributed by atoms with Gasteiger partial charge in [-0.05, 0) is 35.9 Å². The third-order valence-corrected chi connectivity index (χ3v) is 5.75. The van der Waals surface area contributed by atoms with Crippen molar-refractivity contribution in [2.45, 2.75) is 11.4 Å². The van der Waals surface area contributed by atoms with E-state index in [1.165, 1.54) is 48.9 Å². The summed E-state index contributed by atoms with van der Waals surface area (Å²) in [6.07, 6.45) is 1.51. The van der Waals surface area contributed by atoms with Crippen LogP contribution in [0, 0.1) is 5.82 Å². The van der Waals surface area contributed by atoms with E-state index in [2.05, 4.69) is 15.3 Å². The summed E-state index contributed by atoms with van der Waals surface area (Å²) in [7, 11) is -0.597. The number of ether oxygens (including phenoxy) is 1. The Morgan fingerprint density at radius 3 is 2.50 bits per heavy atom. The van der Waals surface area contributed by atoms with Crippen LogP contribution in [0.5, 0.6) is 11.6 Å². The highest BCUT2D eigenvalue weighted by molar-refractivity contribution is 7.89. The largest absolute Gasteiger partial charge is 0.439 e. The maximum atomic E-state index is 13.0. The van der Waals surface area contributed by atoms with Gasteiger partial charge in [-0.25, -0.2) is 22.1 Å². The van der Waals surface area contributed by atoms with E-state index in [4.69, 9.17) is 4.74 Å². The molecule has 0 saturated heterocycles. The van der Waals surface area contributed by atoms with E-state index >= 15 is 0 Å². The van der Waals surface area contributed by atoms with Gasteiger partial charge in [0, 0.05) is 32.9 Å². The second-order valence-electron chi connectivity index (χ2n) is 6.02. The topological polar surface area (TPSA) is 84.4 Å². The zero-order chi connectivity index (χ0) is 20.1. The summed E-state index contributed by atoms with van der Waals surface area (Å²) < 4.78 is 44.7. The molecule has 146 valence electrons. The number of anilines is 1. The Morgan fingerprint density at radius 1 is 1.07 bits per heavy atom. The third-order valence-electron chi connectivity index (χ3n) is 3.83. The van der Waals surface area contributed by atoms with E-state index in [1.807, 2.05) is 0 Å². The SMILES string of the molecule is CN(C)S(=O)(=O)c1ccccc1CNc1nccc(Oc2ccc(F)cc2)n1. The molecule has 7 nitrogen and oxygen atoms in total. The first-order valence-electron chi connectivity index (χ1n) is 8.37. The summed E-state index contributed by atoms with van der Waals surface area (Å²) in [6, 6.07) is 13.9. The van der Waals surface area contributed by atoms with E-state index in [0.29, 0.717) is 11.3 Å². The van der Waals surface area contributed by atoms with Crippen LogP contribution in [0.2, 0.25) is 0 Å². The first kappa shape index (κ1) is 19.7. The molecule has 9 heteroatoms. The van der Waals surface area contributed by atoms with E-state index < -0.39 is 10.0 Å². The predicted octanol–water partition coefficient (Wildman–Crippen LogP) is 3.27. The second kappa shape index (κ2) is 8.32. The molecule has 0 aliphatic rings. The molecule has 2 aromatic carbocycles. The summed E-state index contributed by atoms with van der Waals surface area (Å²) >= 11 is 0. The highest BCUT2D eigenvalue weighted by Crippen LogP contribution is 2.22. The van der Waals surface area contributed by atoms with Crippen LogP contribution in [-0.4, -0.2) is 36.8 Å². The van der Waals surface area contributed by atoms with Crippen molar-refractivity contribution in [1.82, 2.24) is 14.3 Å². The summed E-state index contributed by atoms with van der Waals surface area (Å²) in [5.74, 6) is 0.632. The van der Waals surface area contributed by atoms with Crippen molar-refractivity contribution in [2.24, 2.45) is 0 Å². The maximum absolute atomic E-state index is 13.0. The molecule has 0 unspecified atom stereocenters. The fourth-order valence-corrected chi connectivity index (χ4v) is 3.50. The number of hydrogen-bond acceptors (Lipinski definition) is 6. The van der Waals surface area contributed by atoms with E-state index in [-0.39, 0.29) is 29.1 Å². The Balaban J connectivity index is 1.75. The van der Waals surface area contributed by atoms with Crippen LogP contribution < -0.4 is 10.1 Å². The van der Waals surface area contributed by atoms with Gasteiger partial charge in [-0.15, -0.1) is 0 Å². The average Bonchev–Trinajstić information content (AvgIpc) is 2.68. The number of hydrogen-bond donors (Lipinski definition) is 1. The molecule has 0 amide bonds. The van der Waals surface area contributed by atoms with Gasteiger partial charge in [0.2, 0.25) is 21.9 Å². The number of rotatable bonds is 7. The van der Waals surface area contributed by atoms with Crippen molar-refractivity contribution >= 4 is 16.0 Å². The average molecular weight is 402 g/mol. The summed E-state index contributed by atoms with van der Waals surface area (Å²) in [5, 5.41) is 3.00. The minimum atomic E-state index is -3.57. The minimum Gasteiger partial charge on any atom is -0.439 e. The lowest BCUT2D eigenvalue weighted by Crippen LogP contribution is -2.24. The Labute approximate surface area is 162 Å². The predicted molar refractivity (Wildman–Crippen MR) is 103 cm³/mol. The van der Waals surface area contributed by atoms with Gasteiger partial charge in [-0.2, -0.15) is 4.98 Å². The molecule has 3 aromatic rings. The van der Waals surface area contributed by atoms with Gasteiger partial charge >= 0.3 is 0 Å². The van der Waals surface area contributed by atoms with Gasteiger partial charge in [0.1, 0.15) is 11.6 Å². The zero-order valence-electron chi connectivity index (χ0n) is 15.3. The van der Waals surface area contributed by atoms with Crippen molar-refractivity contribution in [3.8, 4) is 11.6 Å². The maximum Gasteiger partial charge on any atom is 0.242 e. The Morgan fingerprint density at radius 2 is 1.79 bits per heavy atom. The Bertz CT molecular complexity index is 1060. The van der Waals surface area contributed by atoms with Crippen LogP contribution in [0.25, 0.3) is 0 Å². The molecule has 0 bridgehead atoms. The molecule has 1 aromatic heterocycles. The summed E-state index contributed by atoms with van der Waals surface area (Å²) in [5.41, 5.74) is 0.588. The van der Waals surface area contributed by atoms with Gasteiger partial charge in [-0.1, -0.05) is 18.2 Å². The van der Waals surface area contributed by atoms with Gasteiger partial charge in [0.15, 0.2) is 0 Å². The smallest absolute Gasteiger partial charge is 0.242 e. The normalized spacial score (nSPS) is 11.4. The second-order valence-corrected chi connectivity index (χ2v) is 8.14. The zero-order valence-corrected chi connectivity index (χ0v) is 16.1. The molecular formula is C19H19FN4O3S. The van der Waals surface area contributed by atoms with Crippen LogP contribution in [0.3, 0.4) is 0 Å². The number of nitrogens with zero attached hydrogens (tertiary/aromatic N) is 3. The fourth-order valence-electron chi connectivity index (χ4n) is 2.38. The standard InChI is InChI=1S/C19H19FN4O3S/c1-24(2)28(25,26)17-6-4-3-5-14(17)13-22-19-21-12-11-18(23-19)27-16-9-7-15(20)8-10-16/h3-12H,13H2,1-2H3,(H,21,22,23). The molecule has 3 rings (SSSR count). The molecule has 0 radical (unpaired) electrons. The number of nitrogens with one attached hydrogen (secondary N) is 1. The van der Waals surface area contributed by atoms with Gasteiger partial charge in [-0.3, -0.25) is 0 Å². The fraction of sp³-hybridized carbons (Fsp3) is 0.158. The lowest BCUT2D eigenvalue weighted by atomic mass is 10.2. The van der Waals surface area contributed by atoms with E-state index in [0.717, 1.165) is 0 Å². The summed E-state index contributed by atoms with van der Waals surface area (Å²) in [4.78, 5) is 8.56. The van der Waals surface area contributed by atoms with Gasteiger partial charge in [0.05, 0.1) is 4.90 Å². The first-order valence-corrected chi connectivity index (χ1v) is 9.81. The van der Waals surface area contributed by atoms with Crippen LogP contribution in [-0.2, 0) is 16.6 Å². The van der Waals surface area contributed by atoms with E-state index in [9.17, 15) is 12.8 Å². The van der Waals surface area contributed by atoms with Crippen molar-refractivity contribution < 1.29 is 17.5 Å². The van der Waals surface area contributed by atoms with Gasteiger partial charge in [0.25, 0.3) is 0 Å². The van der Waals surface area contributed by atoms with Crippen LogP contribution in [0.4, 0.5) is 10.3 Å². The number of benzene rings is 2. The molecule has 1 N–H and O–H groups in total. The molecule has 0 atom stereocenters. The number of sulfonamides is 1. The molecule has 28 heavy (non-hydrogen) atoms. The highest BCUT2D eigenvalue weighted by atomic mass is 32.2. The third kappa shape index (κ3) is 4.62. The number of halogens is 1. The molecule has 0 aliphatic carbocycles. The highest BCUT2D eigenvalue weighted by Gasteiger charge is 2.20. The lowest BCUT2D eigenvalue weighted by molar-refractivity contribution is 0.460. The quantitative estimate of drug-likeness (QED) is 0.653. The summed E-state index contributed by atoms with van der Waals surface area (Å²) in [6.45, 7) is 0.212. The van der Waals surface area contributed by atoms with Crippen molar-refractivity contribution in [3.63, 3.8) is 0 Å². The molecule has 0 saturated carbocycles. The molecule has 1 heterocycles. The van der Waals surface area contributed by atoms with Crippen molar-refractivity contribution in [1.29, 1.82) is 0 Å². The van der Waals surface area contributed by atoms with Gasteiger partial charge < -0.3 is 10.1 Å². The lowest BCUT2D eigenvalue weighted by Gasteiger charge is -2.15. The Hall–Kier alpha value is -3.04. The Kier molecular flexibility index (Phi) is 5.86.